The monoisotopic (exact) mass is 469 g/mol. The smallest absolute Gasteiger partial charge is 0.352 e. The first-order valence-electron chi connectivity index (χ1n) is 8.86. The van der Waals surface area contributed by atoms with Crippen molar-refractivity contribution in [2.45, 2.75) is 23.6 Å². The zero-order chi connectivity index (χ0) is 22.8. The number of carboxylic acids is 1. The molecule has 0 spiro atoms. The average Bonchev–Trinajstić information content (AvgIpc) is 3.20. The molecule has 14 heteroatoms. The number of hydrogen-bond donors (Lipinski definition) is 3. The van der Waals surface area contributed by atoms with Crippen molar-refractivity contribution in [3.05, 3.63) is 22.3 Å². The lowest BCUT2D eigenvalue weighted by atomic mass is 9.97. The number of hydrogen-bond acceptors (Lipinski definition) is 11. The first-order chi connectivity index (χ1) is 14.7. The quantitative estimate of drug-likeness (QED) is 0.209. The molecule has 3 N–H and O–H groups in total. The number of aromatic nitrogens is 1. The number of carbonyl (C=O) groups is 4. The number of carbonyl (C=O) groups excluding carboxylic acids is 3. The van der Waals surface area contributed by atoms with E-state index < -0.39 is 34.7 Å². The zero-order valence-corrected chi connectivity index (χ0v) is 18.3. The van der Waals surface area contributed by atoms with Crippen LogP contribution >= 0.6 is 23.1 Å². The summed E-state index contributed by atoms with van der Waals surface area (Å²) in [5, 5.41) is 20.6. The van der Waals surface area contributed by atoms with Crippen molar-refractivity contribution in [3.8, 4) is 0 Å². The van der Waals surface area contributed by atoms with Gasteiger partial charge in [0.25, 0.3) is 5.91 Å². The highest BCUT2D eigenvalue weighted by Crippen LogP contribution is 2.54. The lowest BCUT2D eigenvalue weighted by molar-refractivity contribution is -0.146. The van der Waals surface area contributed by atoms with Crippen LogP contribution in [0.3, 0.4) is 0 Å². The third kappa shape index (κ3) is 4.20. The Balaban J connectivity index is 2.23. The lowest BCUT2D eigenvalue weighted by Crippen LogP contribution is -2.61. The maximum Gasteiger partial charge on any atom is 0.352 e. The van der Waals surface area contributed by atoms with Gasteiger partial charge in [-0.15, -0.1) is 11.3 Å². The molecule has 0 saturated carbocycles. The van der Waals surface area contributed by atoms with E-state index >= 15 is 0 Å². The van der Waals surface area contributed by atoms with Crippen molar-refractivity contribution >= 4 is 58.2 Å². The molecular weight excluding hydrogens is 450 g/mol. The van der Waals surface area contributed by atoms with Crippen LogP contribution < -0.4 is 10.6 Å². The molecular formula is C17H19N5O7S2. The Morgan fingerprint density at radius 1 is 1.48 bits per heavy atom. The van der Waals surface area contributed by atoms with E-state index in [0.29, 0.717) is 10.8 Å². The van der Waals surface area contributed by atoms with E-state index in [0.717, 1.165) is 22.9 Å². The standard InChI is InChI=1S/C17H19N5O7S2/c1-8(23)29-6-9-14(15(26)27)22-12(25)4-13(22)31-17(9,21-11(24)5-19-28-3)10-7-30-16(18-2)20-10/h5,7,13H,4,6H2,1-3H3,(H,18,20)(H,21,24)(H,26,27)/t13-,17?/m1/s1. The van der Waals surface area contributed by atoms with Crippen LogP contribution in [0, 0.1) is 0 Å². The van der Waals surface area contributed by atoms with Gasteiger partial charge in [0.2, 0.25) is 5.91 Å². The molecule has 1 aromatic heterocycles. The SMILES string of the molecule is CNc1nc(C2(NC(=O)C=NOC)S[C@@H]3CC(=O)N3C(C(=O)O)=C2COC(C)=O)cs1. The van der Waals surface area contributed by atoms with Gasteiger partial charge in [0.1, 0.15) is 25.6 Å². The van der Waals surface area contributed by atoms with E-state index in [-0.39, 0.29) is 23.6 Å². The summed E-state index contributed by atoms with van der Waals surface area (Å²) in [6.07, 6.45) is 0.963. The molecule has 1 unspecified atom stereocenters. The van der Waals surface area contributed by atoms with Crippen molar-refractivity contribution in [1.29, 1.82) is 0 Å². The largest absolute Gasteiger partial charge is 0.477 e. The summed E-state index contributed by atoms with van der Waals surface area (Å²) >= 11 is 2.37. The summed E-state index contributed by atoms with van der Waals surface area (Å²) in [6.45, 7) is 0.691. The molecule has 0 radical (unpaired) electrons. The maximum absolute atomic E-state index is 12.6. The predicted molar refractivity (Wildman–Crippen MR) is 111 cm³/mol. The van der Waals surface area contributed by atoms with Crippen LogP contribution in [0.1, 0.15) is 19.0 Å². The number of ether oxygens (including phenoxy) is 1. The zero-order valence-electron chi connectivity index (χ0n) is 16.7. The van der Waals surface area contributed by atoms with Gasteiger partial charge in [0.05, 0.1) is 17.5 Å². The van der Waals surface area contributed by atoms with Crippen LogP contribution in [0.25, 0.3) is 0 Å². The van der Waals surface area contributed by atoms with E-state index in [4.69, 9.17) is 4.74 Å². The molecule has 2 aliphatic rings. The van der Waals surface area contributed by atoms with Gasteiger partial charge in [-0.2, -0.15) is 0 Å². The second kappa shape index (κ2) is 8.93. The van der Waals surface area contributed by atoms with Gasteiger partial charge < -0.3 is 25.3 Å². The normalized spacial score (nSPS) is 22.6. The van der Waals surface area contributed by atoms with Crippen LogP contribution in [-0.4, -0.2) is 71.1 Å². The minimum absolute atomic E-state index is 0.00313. The number of thioether (sulfide) groups is 1. The van der Waals surface area contributed by atoms with Crippen LogP contribution in [-0.2, 0) is 33.6 Å². The summed E-state index contributed by atoms with van der Waals surface area (Å²) in [5.74, 6) is -3.13. The maximum atomic E-state index is 12.6. The van der Waals surface area contributed by atoms with Gasteiger partial charge in [-0.3, -0.25) is 19.3 Å². The average molecular weight is 470 g/mol. The minimum Gasteiger partial charge on any atom is -0.477 e. The lowest BCUT2D eigenvalue weighted by Gasteiger charge is -2.51. The third-order valence-corrected chi connectivity index (χ3v) is 6.87. The molecule has 2 amide bonds. The van der Waals surface area contributed by atoms with Gasteiger partial charge in [-0.05, 0) is 0 Å². The molecule has 1 fully saturated rings. The molecule has 0 bridgehead atoms. The summed E-state index contributed by atoms with van der Waals surface area (Å²) in [4.78, 5) is 57.1. The summed E-state index contributed by atoms with van der Waals surface area (Å²) < 4.78 is 5.12. The summed E-state index contributed by atoms with van der Waals surface area (Å²) in [6, 6.07) is 0. The van der Waals surface area contributed by atoms with Crippen molar-refractivity contribution in [2.75, 3.05) is 26.1 Å². The second-order valence-corrected chi connectivity index (χ2v) is 8.58. The number of rotatable bonds is 8. The number of nitrogens with zero attached hydrogens (tertiary/aromatic N) is 3. The van der Waals surface area contributed by atoms with Crippen molar-refractivity contribution in [2.24, 2.45) is 5.16 Å². The van der Waals surface area contributed by atoms with Crippen LogP contribution in [0.15, 0.2) is 21.8 Å². The van der Waals surface area contributed by atoms with E-state index in [1.165, 1.54) is 25.4 Å². The first-order valence-corrected chi connectivity index (χ1v) is 10.6. The number of oxime groups is 1. The molecule has 31 heavy (non-hydrogen) atoms. The first kappa shape index (κ1) is 22.6. The highest BCUT2D eigenvalue weighted by Gasteiger charge is 2.57. The third-order valence-electron chi connectivity index (χ3n) is 4.45. The Morgan fingerprint density at radius 2 is 2.23 bits per heavy atom. The van der Waals surface area contributed by atoms with Crippen molar-refractivity contribution in [3.63, 3.8) is 0 Å². The Hall–Kier alpha value is -3.13. The topological polar surface area (TPSA) is 160 Å². The number of β-lactam (4-membered cyclic amide) rings is 1. The summed E-state index contributed by atoms with van der Waals surface area (Å²) in [7, 11) is 2.93. The number of anilines is 1. The van der Waals surface area contributed by atoms with Crippen LogP contribution in [0.5, 0.6) is 0 Å². The molecule has 0 aliphatic carbocycles. The van der Waals surface area contributed by atoms with Gasteiger partial charge in [0, 0.05) is 24.9 Å². The molecule has 166 valence electrons. The van der Waals surface area contributed by atoms with Crippen molar-refractivity contribution in [1.82, 2.24) is 15.2 Å². The number of fused-ring (bicyclic) bond motifs is 1. The van der Waals surface area contributed by atoms with Gasteiger partial charge in [-0.25, -0.2) is 9.78 Å². The molecule has 12 nitrogen and oxygen atoms in total. The van der Waals surface area contributed by atoms with Gasteiger partial charge in [0.15, 0.2) is 10.0 Å². The Labute approximate surface area is 184 Å². The van der Waals surface area contributed by atoms with Gasteiger partial charge in [-0.1, -0.05) is 16.9 Å². The molecule has 2 atom stereocenters. The number of aliphatic carboxylic acids is 1. The second-order valence-electron chi connectivity index (χ2n) is 6.33. The molecule has 0 aromatic carbocycles. The molecule has 1 saturated heterocycles. The Kier molecular flexibility index (Phi) is 6.50. The fourth-order valence-corrected chi connectivity index (χ4v) is 5.60. The number of amides is 2. The van der Waals surface area contributed by atoms with E-state index in [1.54, 1.807) is 12.4 Å². The van der Waals surface area contributed by atoms with Gasteiger partial charge >= 0.3 is 11.9 Å². The van der Waals surface area contributed by atoms with E-state index in [1.807, 2.05) is 0 Å². The van der Waals surface area contributed by atoms with Crippen LogP contribution in [0.2, 0.25) is 0 Å². The Morgan fingerprint density at radius 3 is 2.77 bits per heavy atom. The number of carboxylic acid groups (broad SMARTS) is 1. The van der Waals surface area contributed by atoms with E-state index in [2.05, 4.69) is 25.6 Å². The minimum atomic E-state index is -1.53. The van der Waals surface area contributed by atoms with Crippen molar-refractivity contribution < 1.29 is 33.9 Å². The number of thiazole rings is 1. The number of esters is 1. The fraction of sp³-hybridized carbons (Fsp3) is 0.412. The molecule has 3 heterocycles. The molecule has 3 rings (SSSR count). The fourth-order valence-electron chi connectivity index (χ4n) is 3.15. The van der Waals surface area contributed by atoms with E-state index in [9.17, 15) is 24.3 Å². The molecule has 1 aromatic rings. The highest BCUT2D eigenvalue weighted by atomic mass is 32.2. The highest BCUT2D eigenvalue weighted by molar-refractivity contribution is 8.01. The van der Waals surface area contributed by atoms with Crippen LogP contribution in [0.4, 0.5) is 5.13 Å². The predicted octanol–water partition coefficient (Wildman–Crippen LogP) is 0.293. The molecule has 2 aliphatic heterocycles. The summed E-state index contributed by atoms with van der Waals surface area (Å²) in [5.41, 5.74) is -0.0493. The number of nitrogens with one attached hydrogen (secondary N) is 2. The Bertz CT molecular complexity index is 991.